The predicted octanol–water partition coefficient (Wildman–Crippen LogP) is 3.70. The molecular formula is C20H22N2O3. The van der Waals surface area contributed by atoms with Crippen molar-refractivity contribution in [1.82, 2.24) is 0 Å². The van der Waals surface area contributed by atoms with Crippen LogP contribution in [0.4, 0.5) is 11.4 Å². The minimum absolute atomic E-state index is 0.0501. The van der Waals surface area contributed by atoms with Crippen molar-refractivity contribution in [3.8, 4) is 5.75 Å². The van der Waals surface area contributed by atoms with Gasteiger partial charge in [-0.05, 0) is 30.5 Å². The Balaban J connectivity index is 1.86. The standard InChI is InChI=1S/C20H22N2O3/c1-12(2)18(14-9-7-13(3)8-10-14)20(24)22-16-6-4-5-15-19(16)25-11-17(23)21-15/h4-10,12,18H,11H2,1-3H3,(H,21,23)(H,22,24). The van der Waals surface area contributed by atoms with Crippen molar-refractivity contribution in [2.45, 2.75) is 26.7 Å². The number of carbonyl (C=O) groups is 2. The molecule has 1 aliphatic rings. The van der Waals surface area contributed by atoms with Crippen LogP contribution in [-0.2, 0) is 9.59 Å². The number of carbonyl (C=O) groups excluding carboxylic acids is 2. The number of ether oxygens (including phenoxy) is 1. The van der Waals surface area contributed by atoms with E-state index in [9.17, 15) is 9.59 Å². The highest BCUT2D eigenvalue weighted by Gasteiger charge is 2.26. The minimum Gasteiger partial charge on any atom is -0.479 e. The summed E-state index contributed by atoms with van der Waals surface area (Å²) in [5.74, 6) is 0.0859. The molecule has 0 aliphatic carbocycles. The first-order valence-electron chi connectivity index (χ1n) is 8.39. The molecule has 130 valence electrons. The molecule has 2 N–H and O–H groups in total. The topological polar surface area (TPSA) is 67.4 Å². The summed E-state index contributed by atoms with van der Waals surface area (Å²) in [4.78, 5) is 24.4. The lowest BCUT2D eigenvalue weighted by Gasteiger charge is -2.24. The largest absolute Gasteiger partial charge is 0.479 e. The highest BCUT2D eigenvalue weighted by atomic mass is 16.5. The van der Waals surface area contributed by atoms with Crippen LogP contribution in [0.3, 0.4) is 0 Å². The molecule has 2 aromatic carbocycles. The zero-order valence-electron chi connectivity index (χ0n) is 14.6. The third-order valence-corrected chi connectivity index (χ3v) is 4.28. The molecule has 0 spiro atoms. The van der Waals surface area contributed by atoms with Gasteiger partial charge in [0.05, 0.1) is 17.3 Å². The Morgan fingerprint density at radius 1 is 1.16 bits per heavy atom. The van der Waals surface area contributed by atoms with E-state index < -0.39 is 0 Å². The van der Waals surface area contributed by atoms with Crippen LogP contribution in [0.25, 0.3) is 0 Å². The highest BCUT2D eigenvalue weighted by molar-refractivity contribution is 6.01. The molecule has 0 saturated heterocycles. The fourth-order valence-corrected chi connectivity index (χ4v) is 3.04. The zero-order chi connectivity index (χ0) is 18.0. The fourth-order valence-electron chi connectivity index (χ4n) is 3.04. The molecule has 5 nitrogen and oxygen atoms in total. The average Bonchev–Trinajstić information content (AvgIpc) is 2.56. The van der Waals surface area contributed by atoms with E-state index in [-0.39, 0.29) is 30.3 Å². The van der Waals surface area contributed by atoms with Gasteiger partial charge in [0, 0.05) is 0 Å². The number of rotatable bonds is 4. The third kappa shape index (κ3) is 3.65. The summed E-state index contributed by atoms with van der Waals surface area (Å²) in [6.07, 6.45) is 0. The first-order valence-corrected chi connectivity index (χ1v) is 8.39. The first kappa shape index (κ1) is 17.0. The van der Waals surface area contributed by atoms with Crippen molar-refractivity contribution < 1.29 is 14.3 Å². The summed E-state index contributed by atoms with van der Waals surface area (Å²) in [7, 11) is 0. The molecule has 0 aromatic heterocycles. The van der Waals surface area contributed by atoms with Gasteiger partial charge in [0.2, 0.25) is 5.91 Å². The molecule has 0 bridgehead atoms. The molecule has 0 radical (unpaired) electrons. The van der Waals surface area contributed by atoms with Crippen molar-refractivity contribution in [3.63, 3.8) is 0 Å². The molecule has 0 saturated carbocycles. The quantitative estimate of drug-likeness (QED) is 0.893. The average molecular weight is 338 g/mol. The van der Waals surface area contributed by atoms with Gasteiger partial charge in [-0.25, -0.2) is 0 Å². The molecule has 1 atom stereocenters. The fraction of sp³-hybridized carbons (Fsp3) is 0.300. The third-order valence-electron chi connectivity index (χ3n) is 4.28. The van der Waals surface area contributed by atoms with Gasteiger partial charge < -0.3 is 15.4 Å². The van der Waals surface area contributed by atoms with Gasteiger partial charge in [-0.1, -0.05) is 49.7 Å². The second-order valence-corrected chi connectivity index (χ2v) is 6.64. The Morgan fingerprint density at radius 2 is 1.88 bits per heavy atom. The summed E-state index contributed by atoms with van der Waals surface area (Å²) in [5, 5.41) is 5.71. The Labute approximate surface area is 147 Å². The molecule has 5 heteroatoms. The number of aryl methyl sites for hydroxylation is 1. The number of fused-ring (bicyclic) bond motifs is 1. The molecule has 3 rings (SSSR count). The first-order chi connectivity index (χ1) is 12.0. The van der Waals surface area contributed by atoms with E-state index in [0.717, 1.165) is 11.1 Å². The highest BCUT2D eigenvalue weighted by Crippen LogP contribution is 2.36. The van der Waals surface area contributed by atoms with Gasteiger partial charge in [-0.3, -0.25) is 9.59 Å². The summed E-state index contributed by atoms with van der Waals surface area (Å²) in [6, 6.07) is 13.3. The van der Waals surface area contributed by atoms with Crippen LogP contribution >= 0.6 is 0 Å². The van der Waals surface area contributed by atoms with Crippen molar-refractivity contribution >= 4 is 23.2 Å². The molecule has 0 fully saturated rings. The lowest BCUT2D eigenvalue weighted by molar-refractivity contribution is -0.119. The Bertz CT molecular complexity index is 797. The van der Waals surface area contributed by atoms with E-state index in [1.165, 1.54) is 0 Å². The zero-order valence-corrected chi connectivity index (χ0v) is 14.6. The number of hydrogen-bond acceptors (Lipinski definition) is 3. The predicted molar refractivity (Wildman–Crippen MR) is 98.0 cm³/mol. The SMILES string of the molecule is Cc1ccc(C(C(=O)Nc2cccc3c2OCC(=O)N3)C(C)C)cc1. The molecule has 2 aromatic rings. The van der Waals surface area contributed by atoms with Crippen LogP contribution in [-0.4, -0.2) is 18.4 Å². The summed E-state index contributed by atoms with van der Waals surface area (Å²) in [5.41, 5.74) is 3.29. The van der Waals surface area contributed by atoms with E-state index in [1.54, 1.807) is 18.2 Å². The van der Waals surface area contributed by atoms with Crippen molar-refractivity contribution in [2.24, 2.45) is 5.92 Å². The van der Waals surface area contributed by atoms with Crippen LogP contribution in [0, 0.1) is 12.8 Å². The van der Waals surface area contributed by atoms with Crippen molar-refractivity contribution in [3.05, 3.63) is 53.6 Å². The van der Waals surface area contributed by atoms with Gasteiger partial charge in [0.15, 0.2) is 12.4 Å². The summed E-state index contributed by atoms with van der Waals surface area (Å²) >= 11 is 0. The van der Waals surface area contributed by atoms with Gasteiger partial charge in [0.25, 0.3) is 5.91 Å². The molecule has 25 heavy (non-hydrogen) atoms. The van der Waals surface area contributed by atoms with Crippen molar-refractivity contribution in [2.75, 3.05) is 17.2 Å². The van der Waals surface area contributed by atoms with Crippen molar-refractivity contribution in [1.29, 1.82) is 0 Å². The number of nitrogens with one attached hydrogen (secondary N) is 2. The molecule has 2 amide bonds. The molecule has 1 aliphatic heterocycles. The molecule has 1 heterocycles. The number of amides is 2. The second kappa shape index (κ2) is 6.97. The van der Waals surface area contributed by atoms with Gasteiger partial charge in [-0.2, -0.15) is 0 Å². The van der Waals surface area contributed by atoms with Crippen LogP contribution < -0.4 is 15.4 Å². The van der Waals surface area contributed by atoms with Gasteiger partial charge in [0.1, 0.15) is 0 Å². The second-order valence-electron chi connectivity index (χ2n) is 6.64. The van der Waals surface area contributed by atoms with Crippen LogP contribution in [0.5, 0.6) is 5.75 Å². The maximum absolute atomic E-state index is 12.9. The number of anilines is 2. The van der Waals surface area contributed by atoms with Gasteiger partial charge in [-0.15, -0.1) is 0 Å². The van der Waals surface area contributed by atoms with E-state index in [2.05, 4.69) is 10.6 Å². The number of para-hydroxylation sites is 1. The van der Waals surface area contributed by atoms with Gasteiger partial charge >= 0.3 is 0 Å². The summed E-state index contributed by atoms with van der Waals surface area (Å²) < 4.78 is 5.50. The minimum atomic E-state index is -0.269. The smallest absolute Gasteiger partial charge is 0.262 e. The molecule has 1 unspecified atom stereocenters. The van der Waals surface area contributed by atoms with Crippen LogP contribution in [0.1, 0.15) is 30.9 Å². The van der Waals surface area contributed by atoms with E-state index in [0.29, 0.717) is 17.1 Å². The lowest BCUT2D eigenvalue weighted by atomic mass is 9.87. The van der Waals surface area contributed by atoms with E-state index >= 15 is 0 Å². The lowest BCUT2D eigenvalue weighted by Crippen LogP contribution is -2.28. The molecular weight excluding hydrogens is 316 g/mol. The Kier molecular flexibility index (Phi) is 4.74. The Morgan fingerprint density at radius 3 is 2.56 bits per heavy atom. The van der Waals surface area contributed by atoms with Crippen LogP contribution in [0.2, 0.25) is 0 Å². The maximum Gasteiger partial charge on any atom is 0.262 e. The number of benzene rings is 2. The maximum atomic E-state index is 12.9. The van der Waals surface area contributed by atoms with Crippen LogP contribution in [0.15, 0.2) is 42.5 Å². The number of hydrogen-bond donors (Lipinski definition) is 2. The Hall–Kier alpha value is -2.82. The van der Waals surface area contributed by atoms with E-state index in [1.807, 2.05) is 45.0 Å². The summed E-state index contributed by atoms with van der Waals surface area (Å²) in [6.45, 7) is 6.03. The van der Waals surface area contributed by atoms with E-state index in [4.69, 9.17) is 4.74 Å². The monoisotopic (exact) mass is 338 g/mol. The normalized spacial score (nSPS) is 14.3.